The fourth-order valence-corrected chi connectivity index (χ4v) is 4.03. The van der Waals surface area contributed by atoms with Gasteiger partial charge in [0.25, 0.3) is 5.91 Å². The molecule has 1 aromatic carbocycles. The third-order valence-corrected chi connectivity index (χ3v) is 5.48. The molecule has 1 heterocycles. The third kappa shape index (κ3) is 5.20. The van der Waals surface area contributed by atoms with E-state index in [1.54, 1.807) is 6.07 Å². The van der Waals surface area contributed by atoms with Crippen molar-refractivity contribution >= 4 is 15.7 Å². The quantitative estimate of drug-likeness (QED) is 0.859. The summed E-state index contributed by atoms with van der Waals surface area (Å²) < 4.78 is 42.2. The number of sulfone groups is 1. The zero-order valence-corrected chi connectivity index (χ0v) is 14.2. The van der Waals surface area contributed by atoms with Gasteiger partial charge in [-0.3, -0.25) is 4.79 Å². The molecule has 23 heavy (non-hydrogen) atoms. The maximum atomic E-state index is 14.1. The summed E-state index contributed by atoms with van der Waals surface area (Å²) in [6.45, 7) is 4.63. The number of rotatable bonds is 6. The largest absolute Gasteiger partial charge is 0.493 e. The number of hydrogen-bond donors (Lipinski definition) is 1. The van der Waals surface area contributed by atoms with Crippen molar-refractivity contribution in [3.05, 3.63) is 29.6 Å². The highest BCUT2D eigenvalue weighted by Gasteiger charge is 2.29. The van der Waals surface area contributed by atoms with Crippen molar-refractivity contribution in [3.8, 4) is 5.75 Å². The molecule has 1 unspecified atom stereocenters. The molecule has 1 saturated heterocycles. The fourth-order valence-electron chi connectivity index (χ4n) is 2.35. The lowest BCUT2D eigenvalue weighted by molar-refractivity contribution is 0.0937. The molecule has 1 fully saturated rings. The minimum Gasteiger partial charge on any atom is -0.493 e. The molecule has 5 nitrogen and oxygen atoms in total. The van der Waals surface area contributed by atoms with Gasteiger partial charge < -0.3 is 10.1 Å². The van der Waals surface area contributed by atoms with Crippen LogP contribution in [-0.2, 0) is 9.84 Å². The molecule has 0 aromatic heterocycles. The van der Waals surface area contributed by atoms with Crippen molar-refractivity contribution in [2.24, 2.45) is 5.92 Å². The van der Waals surface area contributed by atoms with Gasteiger partial charge in [0.05, 0.1) is 23.7 Å². The maximum absolute atomic E-state index is 14.1. The van der Waals surface area contributed by atoms with E-state index in [1.807, 2.05) is 0 Å². The van der Waals surface area contributed by atoms with Gasteiger partial charge in [0, 0.05) is 12.1 Å². The lowest BCUT2D eigenvalue weighted by Gasteiger charge is -2.12. The highest BCUT2D eigenvalue weighted by Crippen LogP contribution is 2.18. The SMILES string of the molecule is CC(C)CCOc1ccc(C(=O)NC2CCS(=O)(=O)C2)c(F)c1. The Morgan fingerprint density at radius 1 is 1.43 bits per heavy atom. The number of carbonyl (C=O) groups excluding carboxylic acids is 1. The predicted octanol–water partition coefficient (Wildman–Crippen LogP) is 2.17. The zero-order chi connectivity index (χ0) is 17.0. The second-order valence-electron chi connectivity index (χ2n) is 6.25. The monoisotopic (exact) mass is 343 g/mol. The minimum absolute atomic E-state index is 0.0586. The maximum Gasteiger partial charge on any atom is 0.254 e. The van der Waals surface area contributed by atoms with Crippen LogP contribution in [0.1, 0.15) is 37.0 Å². The summed E-state index contributed by atoms with van der Waals surface area (Å²) in [6, 6.07) is 3.64. The molecule has 1 aliphatic heterocycles. The minimum atomic E-state index is -3.09. The summed E-state index contributed by atoms with van der Waals surface area (Å²) in [5.41, 5.74) is -0.106. The van der Waals surface area contributed by atoms with Gasteiger partial charge in [0.1, 0.15) is 11.6 Å². The van der Waals surface area contributed by atoms with E-state index in [2.05, 4.69) is 19.2 Å². The van der Waals surface area contributed by atoms with Crippen LogP contribution in [0.5, 0.6) is 5.75 Å². The van der Waals surface area contributed by atoms with Crippen LogP contribution in [0.25, 0.3) is 0 Å². The summed E-state index contributed by atoms with van der Waals surface area (Å²) in [5, 5.41) is 2.57. The molecule has 128 valence electrons. The van der Waals surface area contributed by atoms with E-state index >= 15 is 0 Å². The molecular weight excluding hydrogens is 321 g/mol. The molecule has 0 radical (unpaired) electrons. The second-order valence-corrected chi connectivity index (χ2v) is 8.47. The van der Waals surface area contributed by atoms with Crippen LogP contribution < -0.4 is 10.1 Å². The van der Waals surface area contributed by atoms with Crippen LogP contribution in [0.3, 0.4) is 0 Å². The van der Waals surface area contributed by atoms with Crippen molar-refractivity contribution in [1.82, 2.24) is 5.32 Å². The molecule has 7 heteroatoms. The number of halogens is 1. The Morgan fingerprint density at radius 3 is 2.74 bits per heavy atom. The number of benzene rings is 1. The van der Waals surface area contributed by atoms with Gasteiger partial charge in [0.2, 0.25) is 0 Å². The Kier molecular flexibility index (Phi) is 5.62. The average molecular weight is 343 g/mol. The van der Waals surface area contributed by atoms with E-state index in [-0.39, 0.29) is 17.1 Å². The van der Waals surface area contributed by atoms with Crippen LogP contribution in [0, 0.1) is 11.7 Å². The molecule has 0 spiro atoms. The van der Waals surface area contributed by atoms with Crippen LogP contribution >= 0.6 is 0 Å². The van der Waals surface area contributed by atoms with Crippen LogP contribution in [0.2, 0.25) is 0 Å². The zero-order valence-electron chi connectivity index (χ0n) is 13.3. The van der Waals surface area contributed by atoms with E-state index in [9.17, 15) is 17.6 Å². The molecule has 1 aliphatic rings. The van der Waals surface area contributed by atoms with E-state index in [0.29, 0.717) is 24.7 Å². The summed E-state index contributed by atoms with van der Waals surface area (Å²) in [4.78, 5) is 12.1. The molecule has 0 bridgehead atoms. The average Bonchev–Trinajstić information content (AvgIpc) is 2.77. The van der Waals surface area contributed by atoms with Gasteiger partial charge in [-0.2, -0.15) is 0 Å². The Balaban J connectivity index is 1.96. The van der Waals surface area contributed by atoms with Crippen molar-refractivity contribution < 1.29 is 22.3 Å². The Bertz CT molecular complexity index is 673. The van der Waals surface area contributed by atoms with Crippen molar-refractivity contribution in [3.63, 3.8) is 0 Å². The smallest absolute Gasteiger partial charge is 0.254 e. The van der Waals surface area contributed by atoms with Crippen LogP contribution in [0.4, 0.5) is 4.39 Å². The fraction of sp³-hybridized carbons (Fsp3) is 0.562. The first kappa shape index (κ1) is 17.7. The summed E-state index contributed by atoms with van der Waals surface area (Å²) in [7, 11) is -3.09. The van der Waals surface area contributed by atoms with Crippen molar-refractivity contribution in [1.29, 1.82) is 0 Å². The van der Waals surface area contributed by atoms with Crippen LogP contribution in [0.15, 0.2) is 18.2 Å². The van der Waals surface area contributed by atoms with Gasteiger partial charge in [-0.25, -0.2) is 12.8 Å². The molecule has 2 rings (SSSR count). The molecule has 0 saturated carbocycles. The van der Waals surface area contributed by atoms with Crippen molar-refractivity contribution in [2.45, 2.75) is 32.7 Å². The van der Waals surface area contributed by atoms with Crippen molar-refractivity contribution in [2.75, 3.05) is 18.1 Å². The summed E-state index contributed by atoms with van der Waals surface area (Å²) in [5.74, 6) is -0.431. The molecule has 0 aliphatic carbocycles. The van der Waals surface area contributed by atoms with E-state index in [1.165, 1.54) is 12.1 Å². The summed E-state index contributed by atoms with van der Waals surface area (Å²) >= 11 is 0. The first-order chi connectivity index (χ1) is 10.8. The van der Waals surface area contributed by atoms with Gasteiger partial charge in [-0.05, 0) is 30.9 Å². The van der Waals surface area contributed by atoms with Gasteiger partial charge >= 0.3 is 0 Å². The molecule has 1 amide bonds. The van der Waals surface area contributed by atoms with Gasteiger partial charge in [-0.15, -0.1) is 0 Å². The van der Waals surface area contributed by atoms with E-state index in [4.69, 9.17) is 4.74 Å². The lowest BCUT2D eigenvalue weighted by Crippen LogP contribution is -2.36. The standard InChI is InChI=1S/C16H22FNO4S/c1-11(2)5-7-22-13-3-4-14(15(17)9-13)16(19)18-12-6-8-23(20,21)10-12/h3-4,9,11-12H,5-8,10H2,1-2H3,(H,18,19). The Labute approximate surface area is 136 Å². The van der Waals surface area contributed by atoms with Crippen LogP contribution in [-0.4, -0.2) is 38.5 Å². The Morgan fingerprint density at radius 2 is 2.17 bits per heavy atom. The number of amides is 1. The number of ether oxygens (including phenoxy) is 1. The highest BCUT2D eigenvalue weighted by atomic mass is 32.2. The Hall–Kier alpha value is -1.63. The third-order valence-electron chi connectivity index (χ3n) is 3.72. The molecular formula is C16H22FNO4S. The predicted molar refractivity (Wildman–Crippen MR) is 85.9 cm³/mol. The number of hydrogen-bond acceptors (Lipinski definition) is 4. The molecule has 1 N–H and O–H groups in total. The second kappa shape index (κ2) is 7.29. The van der Waals surface area contributed by atoms with E-state index < -0.39 is 27.6 Å². The lowest BCUT2D eigenvalue weighted by atomic mass is 10.1. The van der Waals surface area contributed by atoms with Gasteiger partial charge in [-0.1, -0.05) is 13.8 Å². The number of carbonyl (C=O) groups is 1. The van der Waals surface area contributed by atoms with Gasteiger partial charge in [0.15, 0.2) is 9.84 Å². The molecule has 1 aromatic rings. The normalized spacial score (nSPS) is 19.7. The van der Waals surface area contributed by atoms with E-state index in [0.717, 1.165) is 6.42 Å². The first-order valence-electron chi connectivity index (χ1n) is 7.70. The first-order valence-corrected chi connectivity index (χ1v) is 9.52. The topological polar surface area (TPSA) is 72.5 Å². The summed E-state index contributed by atoms with van der Waals surface area (Å²) in [6.07, 6.45) is 1.23. The molecule has 1 atom stereocenters. The highest BCUT2D eigenvalue weighted by molar-refractivity contribution is 7.91. The number of nitrogens with one attached hydrogen (secondary N) is 1.